The third-order valence-electron chi connectivity index (χ3n) is 10.6. The largest absolute Gasteiger partial charge is 0.490 e. The van der Waals surface area contributed by atoms with Gasteiger partial charge in [0, 0.05) is 35.7 Å². The number of hydrogen-bond acceptors (Lipinski definition) is 6. The Hall–Kier alpha value is -2.29. The maximum absolute atomic E-state index is 13.4. The zero-order valence-corrected chi connectivity index (χ0v) is 26.1. The lowest BCUT2D eigenvalue weighted by molar-refractivity contribution is 0.0574. The van der Waals surface area contributed by atoms with Crippen molar-refractivity contribution in [3.63, 3.8) is 0 Å². The van der Waals surface area contributed by atoms with E-state index in [1.54, 1.807) is 6.07 Å². The fourth-order valence-corrected chi connectivity index (χ4v) is 9.70. The lowest BCUT2D eigenvalue weighted by Crippen LogP contribution is -2.49. The third-order valence-corrected chi connectivity index (χ3v) is 12.7. The molecule has 2 N–H and O–H groups in total. The zero-order valence-electron chi connectivity index (χ0n) is 24.5. The SMILES string of the molecule is CC[C@@H]1CCCC[C@@H](CO)[C@@H]2CC[C@H]2CN2C[C@@]3(CCCc4cc(Cl)ccc43)COc3ccc(cc32)C(=O)NS1(=O)=O. The summed E-state index contributed by atoms with van der Waals surface area (Å²) < 4.78 is 35.4. The summed E-state index contributed by atoms with van der Waals surface area (Å²) in [6.07, 6.45) is 8.72. The van der Waals surface area contributed by atoms with Crippen molar-refractivity contribution in [2.75, 3.05) is 31.2 Å². The van der Waals surface area contributed by atoms with Gasteiger partial charge in [0.15, 0.2) is 0 Å². The van der Waals surface area contributed by atoms with E-state index in [-0.39, 0.29) is 17.9 Å². The van der Waals surface area contributed by atoms with E-state index in [2.05, 4.69) is 21.8 Å². The van der Waals surface area contributed by atoms with Crippen LogP contribution < -0.4 is 14.4 Å². The normalized spacial score (nSPS) is 31.1. The molecule has 0 radical (unpaired) electrons. The molecule has 5 atom stereocenters. The summed E-state index contributed by atoms with van der Waals surface area (Å²) in [5, 5.41) is 10.5. The van der Waals surface area contributed by atoms with Crippen LogP contribution in [0.4, 0.5) is 5.69 Å². The van der Waals surface area contributed by atoms with Crippen LogP contribution in [-0.4, -0.2) is 51.0 Å². The third kappa shape index (κ3) is 5.67. The van der Waals surface area contributed by atoms with E-state index in [0.29, 0.717) is 36.8 Å². The van der Waals surface area contributed by atoms with Gasteiger partial charge in [-0.05, 0) is 111 Å². The van der Waals surface area contributed by atoms with Gasteiger partial charge in [-0.15, -0.1) is 0 Å². The molecule has 1 amide bonds. The number of carbonyl (C=O) groups excluding carboxylic acids is 1. The molecule has 0 saturated heterocycles. The molecular weight excluding hydrogens is 572 g/mol. The Morgan fingerprint density at radius 3 is 2.69 bits per heavy atom. The molecule has 0 aromatic heterocycles. The van der Waals surface area contributed by atoms with Gasteiger partial charge in [-0.2, -0.15) is 0 Å². The van der Waals surface area contributed by atoms with Crippen LogP contribution in [0.2, 0.25) is 5.02 Å². The van der Waals surface area contributed by atoms with Crippen molar-refractivity contribution < 1.29 is 23.1 Å². The van der Waals surface area contributed by atoms with Gasteiger partial charge in [0.05, 0.1) is 17.5 Å². The average molecular weight is 615 g/mol. The number of amides is 1. The Balaban J connectivity index is 1.41. The van der Waals surface area contributed by atoms with Crippen molar-refractivity contribution in [3.8, 4) is 5.75 Å². The van der Waals surface area contributed by atoms with Crippen LogP contribution in [0.15, 0.2) is 36.4 Å². The van der Waals surface area contributed by atoms with Crippen LogP contribution >= 0.6 is 11.6 Å². The van der Waals surface area contributed by atoms with E-state index in [9.17, 15) is 18.3 Å². The number of aliphatic hydroxyl groups is 1. The van der Waals surface area contributed by atoms with Crippen molar-refractivity contribution in [1.29, 1.82) is 0 Å². The average Bonchev–Trinajstić information content (AvgIpc) is 3.10. The van der Waals surface area contributed by atoms with Crippen molar-refractivity contribution in [1.82, 2.24) is 4.72 Å². The van der Waals surface area contributed by atoms with Gasteiger partial charge in [-0.1, -0.05) is 37.4 Å². The molecule has 2 aliphatic carbocycles. The molecule has 4 aliphatic rings. The minimum atomic E-state index is -3.83. The number of benzene rings is 2. The number of halogens is 1. The minimum Gasteiger partial charge on any atom is -0.490 e. The molecule has 2 aliphatic heterocycles. The van der Waals surface area contributed by atoms with E-state index in [1.807, 2.05) is 25.1 Å². The molecule has 2 bridgehead atoms. The highest BCUT2D eigenvalue weighted by atomic mass is 35.5. The van der Waals surface area contributed by atoms with Gasteiger partial charge in [-0.25, -0.2) is 13.1 Å². The first-order valence-corrected chi connectivity index (χ1v) is 17.6. The van der Waals surface area contributed by atoms with Crippen LogP contribution in [0.1, 0.15) is 86.2 Å². The van der Waals surface area contributed by atoms with Gasteiger partial charge < -0.3 is 14.7 Å². The Morgan fingerprint density at radius 1 is 1.10 bits per heavy atom. The number of nitrogens with zero attached hydrogens (tertiary/aromatic N) is 1. The fourth-order valence-electron chi connectivity index (χ4n) is 8.05. The maximum atomic E-state index is 13.4. The van der Waals surface area contributed by atoms with Crippen LogP contribution in [-0.2, 0) is 21.9 Å². The van der Waals surface area contributed by atoms with Crippen LogP contribution in [0.5, 0.6) is 5.75 Å². The molecule has 1 spiro atoms. The molecule has 2 aromatic rings. The van der Waals surface area contributed by atoms with Gasteiger partial charge in [0.1, 0.15) is 5.75 Å². The predicted octanol–water partition coefficient (Wildman–Crippen LogP) is 5.86. The highest BCUT2D eigenvalue weighted by Gasteiger charge is 2.44. The van der Waals surface area contributed by atoms with E-state index < -0.39 is 21.2 Å². The highest BCUT2D eigenvalue weighted by Crippen LogP contribution is 2.47. The molecule has 2 heterocycles. The molecule has 228 valence electrons. The summed E-state index contributed by atoms with van der Waals surface area (Å²) in [5.74, 6) is 1.21. The van der Waals surface area contributed by atoms with E-state index in [4.69, 9.17) is 16.3 Å². The molecular formula is C33H43ClN2O5S. The molecule has 0 unspecified atom stereocenters. The number of aryl methyl sites for hydroxylation is 1. The van der Waals surface area contributed by atoms with Gasteiger partial charge in [0.25, 0.3) is 5.91 Å². The number of rotatable bonds is 2. The lowest BCUT2D eigenvalue weighted by Gasteiger charge is -2.46. The minimum absolute atomic E-state index is 0.161. The number of sulfonamides is 1. The smallest absolute Gasteiger partial charge is 0.264 e. The maximum Gasteiger partial charge on any atom is 0.264 e. The summed E-state index contributed by atoms with van der Waals surface area (Å²) in [5.41, 5.74) is 3.48. The summed E-state index contributed by atoms with van der Waals surface area (Å²) in [4.78, 5) is 15.8. The first kappa shape index (κ1) is 29.8. The monoisotopic (exact) mass is 614 g/mol. The van der Waals surface area contributed by atoms with Crippen molar-refractivity contribution >= 4 is 33.2 Å². The summed E-state index contributed by atoms with van der Waals surface area (Å²) in [7, 11) is -3.83. The second-order valence-corrected chi connectivity index (χ2v) is 15.4. The molecule has 2 aromatic carbocycles. The Kier molecular flexibility index (Phi) is 8.51. The molecule has 7 nitrogen and oxygen atoms in total. The molecule has 1 fully saturated rings. The molecule has 42 heavy (non-hydrogen) atoms. The second kappa shape index (κ2) is 12.0. The van der Waals surface area contributed by atoms with Crippen LogP contribution in [0.3, 0.4) is 0 Å². The number of fused-ring (bicyclic) bond motifs is 4. The summed E-state index contributed by atoms with van der Waals surface area (Å²) in [6, 6.07) is 11.5. The Labute approximate surface area is 255 Å². The zero-order chi connectivity index (χ0) is 29.5. The van der Waals surface area contributed by atoms with E-state index in [1.165, 1.54) is 11.1 Å². The summed E-state index contributed by atoms with van der Waals surface area (Å²) in [6.45, 7) is 4.09. The molecule has 6 rings (SSSR count). The molecule has 9 heteroatoms. The number of nitrogens with one attached hydrogen (secondary N) is 1. The number of anilines is 1. The van der Waals surface area contributed by atoms with Gasteiger partial charge in [-0.3, -0.25) is 4.79 Å². The lowest BCUT2D eigenvalue weighted by atomic mass is 9.65. The molecule has 1 saturated carbocycles. The number of carbonyl (C=O) groups is 1. The van der Waals surface area contributed by atoms with Crippen LogP contribution in [0, 0.1) is 17.8 Å². The predicted molar refractivity (Wildman–Crippen MR) is 166 cm³/mol. The topological polar surface area (TPSA) is 95.9 Å². The highest BCUT2D eigenvalue weighted by molar-refractivity contribution is 7.90. The number of ether oxygens (including phenoxy) is 1. The van der Waals surface area contributed by atoms with E-state index >= 15 is 0 Å². The van der Waals surface area contributed by atoms with Crippen LogP contribution in [0.25, 0.3) is 0 Å². The second-order valence-electron chi connectivity index (χ2n) is 13.0. The standard InChI is InChI=1S/C33H43ClN2O5S/c1-2-27-8-4-3-6-25(19-37)28-12-9-24(28)18-36-20-33(15-5-7-22-16-26(34)11-13-29(22)33)21-41-31-14-10-23(17-30(31)36)32(38)35-42(27,39)40/h10-11,13-14,16-17,24-25,27-28,37H,2-9,12,15,18-21H2,1H3,(H,35,38)/t24-,25-,27+,28+,33-/m0/s1. The quantitative estimate of drug-likeness (QED) is 0.440. The fraction of sp³-hybridized carbons (Fsp3) is 0.606. The van der Waals surface area contributed by atoms with Crippen molar-refractivity contribution in [3.05, 3.63) is 58.1 Å². The van der Waals surface area contributed by atoms with Gasteiger partial charge >= 0.3 is 0 Å². The van der Waals surface area contributed by atoms with Gasteiger partial charge in [0.2, 0.25) is 10.0 Å². The number of aliphatic hydroxyl groups excluding tert-OH is 1. The Morgan fingerprint density at radius 2 is 1.93 bits per heavy atom. The first-order chi connectivity index (χ1) is 20.2. The van der Waals surface area contributed by atoms with E-state index in [0.717, 1.165) is 80.9 Å². The number of hydrogen-bond donors (Lipinski definition) is 2. The van der Waals surface area contributed by atoms with Crippen molar-refractivity contribution in [2.45, 2.75) is 81.8 Å². The van der Waals surface area contributed by atoms with Crippen molar-refractivity contribution in [2.24, 2.45) is 17.8 Å². The Bertz CT molecular complexity index is 1430. The first-order valence-electron chi connectivity index (χ1n) is 15.7. The summed E-state index contributed by atoms with van der Waals surface area (Å²) >= 11 is 6.40.